The minimum absolute atomic E-state index is 0.663. The van der Waals surface area contributed by atoms with E-state index in [9.17, 15) is 0 Å². The van der Waals surface area contributed by atoms with Crippen molar-refractivity contribution in [2.75, 3.05) is 19.6 Å². The van der Waals surface area contributed by atoms with Crippen molar-refractivity contribution >= 4 is 11.3 Å². The van der Waals surface area contributed by atoms with E-state index in [0.717, 1.165) is 13.1 Å². The first-order chi connectivity index (χ1) is 7.78. The van der Waals surface area contributed by atoms with Gasteiger partial charge in [0.15, 0.2) is 0 Å². The van der Waals surface area contributed by atoms with Crippen LogP contribution in [0.3, 0.4) is 0 Å². The largest absolute Gasteiger partial charge is 0.313 e. The van der Waals surface area contributed by atoms with Gasteiger partial charge in [-0.05, 0) is 32.9 Å². The summed E-state index contributed by atoms with van der Waals surface area (Å²) in [6, 6.07) is 0.663. The first kappa shape index (κ1) is 12.0. The predicted octanol–water partition coefficient (Wildman–Crippen LogP) is 2.03. The van der Waals surface area contributed by atoms with Crippen LogP contribution in [0.15, 0.2) is 6.20 Å². The van der Waals surface area contributed by atoms with Crippen LogP contribution in [0.1, 0.15) is 29.7 Å². The summed E-state index contributed by atoms with van der Waals surface area (Å²) in [4.78, 5) is 8.28. The number of hydrogen-bond donors (Lipinski definition) is 1. The number of rotatable bonds is 3. The molecule has 1 unspecified atom stereocenters. The molecule has 90 valence electrons. The van der Waals surface area contributed by atoms with Crippen molar-refractivity contribution in [1.82, 2.24) is 15.2 Å². The van der Waals surface area contributed by atoms with Gasteiger partial charge in [0.1, 0.15) is 0 Å². The van der Waals surface area contributed by atoms with Crippen LogP contribution in [0, 0.1) is 6.92 Å². The number of nitrogens with zero attached hydrogens (tertiary/aromatic N) is 2. The number of thiazole rings is 1. The van der Waals surface area contributed by atoms with E-state index >= 15 is 0 Å². The van der Waals surface area contributed by atoms with Crippen LogP contribution in [-0.4, -0.2) is 35.6 Å². The second-order valence-corrected chi connectivity index (χ2v) is 5.81. The first-order valence-electron chi connectivity index (χ1n) is 6.15. The zero-order valence-electron chi connectivity index (χ0n) is 10.2. The zero-order valence-corrected chi connectivity index (χ0v) is 11.0. The van der Waals surface area contributed by atoms with E-state index < -0.39 is 0 Å². The maximum Gasteiger partial charge on any atom is 0.0897 e. The zero-order chi connectivity index (χ0) is 11.4. The molecular formula is C12H21N3S. The van der Waals surface area contributed by atoms with Gasteiger partial charge in [0.2, 0.25) is 0 Å². The molecule has 1 aromatic rings. The molecule has 1 fully saturated rings. The Hall–Kier alpha value is -0.450. The molecular weight excluding hydrogens is 218 g/mol. The normalized spacial score (nSPS) is 23.2. The fourth-order valence-corrected chi connectivity index (χ4v) is 3.03. The van der Waals surface area contributed by atoms with Crippen molar-refractivity contribution in [1.29, 1.82) is 0 Å². The van der Waals surface area contributed by atoms with Gasteiger partial charge < -0.3 is 5.32 Å². The molecule has 0 bridgehead atoms. The topological polar surface area (TPSA) is 28.2 Å². The molecule has 1 aromatic heterocycles. The molecule has 16 heavy (non-hydrogen) atoms. The summed E-state index contributed by atoms with van der Waals surface area (Å²) in [6.07, 6.45) is 4.51. The molecule has 0 radical (unpaired) electrons. The Balaban J connectivity index is 1.92. The van der Waals surface area contributed by atoms with Crippen LogP contribution >= 0.6 is 11.3 Å². The van der Waals surface area contributed by atoms with Crippen molar-refractivity contribution in [2.24, 2.45) is 0 Å². The second-order valence-electron chi connectivity index (χ2n) is 4.49. The first-order valence-corrected chi connectivity index (χ1v) is 6.96. The molecule has 1 saturated heterocycles. The Bertz CT molecular complexity index is 324. The third-order valence-electron chi connectivity index (χ3n) is 3.10. The minimum Gasteiger partial charge on any atom is -0.313 e. The van der Waals surface area contributed by atoms with Gasteiger partial charge >= 0.3 is 0 Å². The van der Waals surface area contributed by atoms with E-state index in [1.165, 1.54) is 35.8 Å². The quantitative estimate of drug-likeness (QED) is 0.875. The summed E-state index contributed by atoms with van der Waals surface area (Å²) in [5.41, 5.74) is 0. The average Bonchev–Trinajstić information content (AvgIpc) is 2.55. The highest BCUT2D eigenvalue weighted by atomic mass is 32.1. The smallest absolute Gasteiger partial charge is 0.0897 e. The van der Waals surface area contributed by atoms with Crippen LogP contribution < -0.4 is 5.32 Å². The monoisotopic (exact) mass is 239 g/mol. The molecule has 0 saturated carbocycles. The molecule has 1 atom stereocenters. The molecule has 1 aliphatic heterocycles. The summed E-state index contributed by atoms with van der Waals surface area (Å²) >= 11 is 1.82. The maximum atomic E-state index is 4.32. The van der Waals surface area contributed by atoms with Gasteiger partial charge in [-0.2, -0.15) is 0 Å². The summed E-state index contributed by atoms with van der Waals surface area (Å²) in [6.45, 7) is 8.96. The maximum absolute atomic E-state index is 4.32. The Morgan fingerprint density at radius 2 is 2.50 bits per heavy atom. The molecule has 1 aliphatic rings. The number of nitrogens with one attached hydrogen (secondary N) is 1. The lowest BCUT2D eigenvalue weighted by Gasteiger charge is -2.22. The van der Waals surface area contributed by atoms with Gasteiger partial charge in [0.25, 0.3) is 0 Å². The predicted molar refractivity (Wildman–Crippen MR) is 68.8 cm³/mol. The summed E-state index contributed by atoms with van der Waals surface area (Å²) < 4.78 is 0. The molecule has 0 aliphatic carbocycles. The molecule has 0 spiro atoms. The van der Waals surface area contributed by atoms with Crippen LogP contribution in [0.25, 0.3) is 0 Å². The lowest BCUT2D eigenvalue weighted by atomic mass is 10.2. The second kappa shape index (κ2) is 5.75. The van der Waals surface area contributed by atoms with Gasteiger partial charge in [0, 0.05) is 30.2 Å². The highest BCUT2D eigenvalue weighted by molar-refractivity contribution is 7.11. The molecule has 0 aromatic carbocycles. The van der Waals surface area contributed by atoms with E-state index in [1.54, 1.807) is 0 Å². The summed E-state index contributed by atoms with van der Waals surface area (Å²) in [7, 11) is 0. The fourth-order valence-electron chi connectivity index (χ4n) is 2.19. The Kier molecular flexibility index (Phi) is 4.32. The van der Waals surface area contributed by atoms with Crippen molar-refractivity contribution in [3.63, 3.8) is 0 Å². The lowest BCUT2D eigenvalue weighted by Crippen LogP contribution is -2.36. The molecule has 2 rings (SSSR count). The molecule has 3 nitrogen and oxygen atoms in total. The van der Waals surface area contributed by atoms with E-state index in [2.05, 4.69) is 29.0 Å². The van der Waals surface area contributed by atoms with Crippen molar-refractivity contribution < 1.29 is 0 Å². The Morgan fingerprint density at radius 3 is 3.19 bits per heavy atom. The summed E-state index contributed by atoms with van der Waals surface area (Å²) in [5.74, 6) is 0. The van der Waals surface area contributed by atoms with E-state index in [-0.39, 0.29) is 0 Å². The van der Waals surface area contributed by atoms with Gasteiger partial charge in [-0.3, -0.25) is 4.90 Å². The third kappa shape index (κ3) is 3.27. The third-order valence-corrected chi connectivity index (χ3v) is 4.00. The van der Waals surface area contributed by atoms with Crippen molar-refractivity contribution in [3.8, 4) is 0 Å². The highest BCUT2D eigenvalue weighted by Gasteiger charge is 2.16. The average molecular weight is 239 g/mol. The number of hydrogen-bond acceptors (Lipinski definition) is 4. The molecule has 0 amide bonds. The minimum atomic E-state index is 0.663. The van der Waals surface area contributed by atoms with Gasteiger partial charge in [0.05, 0.1) is 5.01 Å². The van der Waals surface area contributed by atoms with E-state index in [4.69, 9.17) is 0 Å². The fraction of sp³-hybridized carbons (Fsp3) is 0.750. The van der Waals surface area contributed by atoms with Crippen LogP contribution in [-0.2, 0) is 6.54 Å². The van der Waals surface area contributed by atoms with Gasteiger partial charge in [-0.1, -0.05) is 6.92 Å². The van der Waals surface area contributed by atoms with Gasteiger partial charge in [-0.15, -0.1) is 11.3 Å². The lowest BCUT2D eigenvalue weighted by molar-refractivity contribution is 0.259. The standard InChI is InChI=1S/C12H21N3S/c1-3-11-8-15(6-4-5-13-11)9-12-7-14-10(2)16-12/h7,11,13H,3-6,8-9H2,1-2H3. The van der Waals surface area contributed by atoms with Crippen molar-refractivity contribution in [2.45, 2.75) is 39.3 Å². The molecule has 2 heterocycles. The Labute approximate surface area is 102 Å². The summed E-state index contributed by atoms with van der Waals surface area (Å²) in [5, 5.41) is 4.77. The van der Waals surface area contributed by atoms with Crippen LogP contribution in [0.5, 0.6) is 0 Å². The molecule has 4 heteroatoms. The number of aryl methyl sites for hydroxylation is 1. The molecule has 1 N–H and O–H groups in total. The van der Waals surface area contributed by atoms with E-state index in [0.29, 0.717) is 6.04 Å². The van der Waals surface area contributed by atoms with Crippen molar-refractivity contribution in [3.05, 3.63) is 16.1 Å². The van der Waals surface area contributed by atoms with Crippen LogP contribution in [0.4, 0.5) is 0 Å². The van der Waals surface area contributed by atoms with E-state index in [1.807, 2.05) is 17.5 Å². The number of aromatic nitrogens is 1. The highest BCUT2D eigenvalue weighted by Crippen LogP contribution is 2.15. The SMILES string of the molecule is CCC1CN(Cc2cnc(C)s2)CCCN1. The Morgan fingerprint density at radius 1 is 1.62 bits per heavy atom. The van der Waals surface area contributed by atoms with Gasteiger partial charge in [-0.25, -0.2) is 4.98 Å². The van der Waals surface area contributed by atoms with Crippen LogP contribution in [0.2, 0.25) is 0 Å².